The van der Waals surface area contributed by atoms with Crippen molar-refractivity contribution in [3.63, 3.8) is 0 Å². The summed E-state index contributed by atoms with van der Waals surface area (Å²) in [5.74, 6) is 0.131. The van der Waals surface area contributed by atoms with Gasteiger partial charge in [-0.05, 0) is 31.0 Å². The lowest BCUT2D eigenvalue weighted by Crippen LogP contribution is -2.19. The zero-order valence-electron chi connectivity index (χ0n) is 14.5. The molecule has 0 N–H and O–H groups in total. The summed E-state index contributed by atoms with van der Waals surface area (Å²) in [6.45, 7) is 6.11. The van der Waals surface area contributed by atoms with Crippen LogP contribution in [0.1, 0.15) is 55.4 Å². The molecule has 0 fully saturated rings. The lowest BCUT2D eigenvalue weighted by atomic mass is 9.84. The molecule has 1 aromatic carbocycles. The fourth-order valence-electron chi connectivity index (χ4n) is 3.10. The normalized spacial score (nSPS) is 15.4. The fraction of sp³-hybridized carbons (Fsp3) is 0.444. The quantitative estimate of drug-likeness (QED) is 0.838. The van der Waals surface area contributed by atoms with E-state index in [4.69, 9.17) is 5.10 Å². The first kappa shape index (κ1) is 16.9. The number of hydrogen-bond donors (Lipinski definition) is 0. The molecule has 0 spiro atoms. The molecule has 1 heterocycles. The maximum absolute atomic E-state index is 12.5. The van der Waals surface area contributed by atoms with Crippen LogP contribution in [0, 0.1) is 0 Å². The van der Waals surface area contributed by atoms with E-state index in [2.05, 4.69) is 0 Å². The van der Waals surface area contributed by atoms with Crippen molar-refractivity contribution in [2.24, 2.45) is 0 Å². The van der Waals surface area contributed by atoms with Crippen molar-refractivity contribution in [1.29, 1.82) is 0 Å². The van der Waals surface area contributed by atoms with Crippen molar-refractivity contribution in [2.45, 2.75) is 50.3 Å². The van der Waals surface area contributed by atoms with E-state index in [1.54, 1.807) is 22.9 Å². The summed E-state index contributed by atoms with van der Waals surface area (Å²) in [6, 6.07) is 6.73. The Labute approximate surface area is 142 Å². The van der Waals surface area contributed by atoms with Gasteiger partial charge in [0, 0.05) is 18.1 Å². The van der Waals surface area contributed by atoms with Crippen molar-refractivity contribution in [1.82, 2.24) is 9.78 Å². The van der Waals surface area contributed by atoms with Gasteiger partial charge >= 0.3 is 0 Å². The average Bonchev–Trinajstić information content (AvgIpc) is 2.88. The van der Waals surface area contributed by atoms with Gasteiger partial charge in [-0.3, -0.25) is 4.79 Å². The summed E-state index contributed by atoms with van der Waals surface area (Å²) >= 11 is 0. The smallest absolute Gasteiger partial charge is 0.175 e. The molecule has 1 aliphatic rings. The molecule has 24 heavy (non-hydrogen) atoms. The van der Waals surface area contributed by atoms with Crippen molar-refractivity contribution in [2.75, 3.05) is 6.26 Å². The van der Waals surface area contributed by atoms with Crippen molar-refractivity contribution < 1.29 is 13.2 Å². The molecular formula is C18H22N2O3S. The van der Waals surface area contributed by atoms with E-state index in [9.17, 15) is 13.2 Å². The molecule has 0 unspecified atom stereocenters. The number of benzene rings is 1. The standard InChI is InChI=1S/C18H22N2O3S/c1-18(2,3)17-16-14(9-6-10-15(16)21)20(19-17)12-7-5-8-13(11-12)24(4,22)23/h5,7-8,11H,6,9-10H2,1-4H3. The third-order valence-electron chi connectivity index (χ3n) is 4.28. The van der Waals surface area contributed by atoms with Crippen LogP contribution in [0.4, 0.5) is 0 Å². The zero-order valence-corrected chi connectivity index (χ0v) is 15.3. The Balaban J connectivity index is 2.25. The van der Waals surface area contributed by atoms with Crippen LogP contribution in [-0.2, 0) is 21.7 Å². The van der Waals surface area contributed by atoms with E-state index in [-0.39, 0.29) is 16.1 Å². The molecule has 0 atom stereocenters. The Morgan fingerprint density at radius 1 is 1.17 bits per heavy atom. The number of carbonyl (C=O) groups excluding carboxylic acids is 1. The molecular weight excluding hydrogens is 324 g/mol. The van der Waals surface area contributed by atoms with E-state index in [0.29, 0.717) is 12.1 Å². The summed E-state index contributed by atoms with van der Waals surface area (Å²) in [7, 11) is -3.30. The van der Waals surface area contributed by atoms with Crippen LogP contribution in [0.15, 0.2) is 29.2 Å². The number of aromatic nitrogens is 2. The largest absolute Gasteiger partial charge is 0.294 e. The van der Waals surface area contributed by atoms with Gasteiger partial charge in [0.25, 0.3) is 0 Å². The Hall–Kier alpha value is -1.95. The summed E-state index contributed by atoms with van der Waals surface area (Å²) in [4.78, 5) is 12.7. The number of hydrogen-bond acceptors (Lipinski definition) is 4. The second-order valence-corrected chi connectivity index (χ2v) is 9.39. The number of Topliss-reactive ketones (excluding diaryl/α,β-unsaturated/α-hetero) is 1. The Morgan fingerprint density at radius 2 is 1.88 bits per heavy atom. The van der Waals surface area contributed by atoms with E-state index in [1.165, 1.54) is 6.26 Å². The van der Waals surface area contributed by atoms with E-state index < -0.39 is 9.84 Å². The van der Waals surface area contributed by atoms with Gasteiger partial charge in [-0.15, -0.1) is 0 Å². The summed E-state index contributed by atoms with van der Waals surface area (Å²) in [5.41, 5.74) is 2.82. The number of rotatable bonds is 2. The molecule has 0 aliphatic heterocycles. The highest BCUT2D eigenvalue weighted by atomic mass is 32.2. The predicted molar refractivity (Wildman–Crippen MR) is 92.6 cm³/mol. The molecule has 2 aromatic rings. The zero-order chi connectivity index (χ0) is 17.7. The number of ketones is 1. The number of sulfone groups is 1. The Kier molecular flexibility index (Phi) is 3.91. The summed E-state index contributed by atoms with van der Waals surface area (Å²) in [5, 5.41) is 4.71. The summed E-state index contributed by atoms with van der Waals surface area (Å²) < 4.78 is 25.4. The van der Waals surface area contributed by atoms with Gasteiger partial charge in [0.2, 0.25) is 0 Å². The molecule has 0 radical (unpaired) electrons. The highest BCUT2D eigenvalue weighted by Crippen LogP contribution is 2.33. The molecule has 0 bridgehead atoms. The maximum Gasteiger partial charge on any atom is 0.175 e. The van der Waals surface area contributed by atoms with Crippen LogP contribution < -0.4 is 0 Å². The number of carbonyl (C=O) groups is 1. The van der Waals surface area contributed by atoms with Gasteiger partial charge in [-0.25, -0.2) is 13.1 Å². The Morgan fingerprint density at radius 3 is 2.50 bits per heavy atom. The highest BCUT2D eigenvalue weighted by Gasteiger charge is 2.32. The van der Waals surface area contributed by atoms with Gasteiger partial charge in [-0.1, -0.05) is 26.8 Å². The lowest BCUT2D eigenvalue weighted by Gasteiger charge is -2.19. The maximum atomic E-state index is 12.5. The fourth-order valence-corrected chi connectivity index (χ4v) is 3.76. The predicted octanol–water partition coefficient (Wildman–Crippen LogP) is 3.09. The third-order valence-corrected chi connectivity index (χ3v) is 5.39. The first-order valence-electron chi connectivity index (χ1n) is 8.05. The van der Waals surface area contributed by atoms with Crippen LogP contribution in [0.3, 0.4) is 0 Å². The Bertz CT molecular complexity index is 918. The number of nitrogens with zero attached hydrogens (tertiary/aromatic N) is 2. The van der Waals surface area contributed by atoms with Gasteiger partial charge in [0.05, 0.1) is 27.5 Å². The van der Waals surface area contributed by atoms with E-state index in [1.807, 2.05) is 26.8 Å². The van der Waals surface area contributed by atoms with Crippen molar-refractivity contribution in [3.8, 4) is 5.69 Å². The SMILES string of the molecule is CC(C)(C)c1nn(-c2cccc(S(C)(=O)=O)c2)c2c1C(=O)CCC2. The minimum atomic E-state index is -3.30. The molecule has 3 rings (SSSR count). The van der Waals surface area contributed by atoms with Gasteiger partial charge in [0.1, 0.15) is 0 Å². The first-order chi connectivity index (χ1) is 11.1. The molecule has 5 nitrogen and oxygen atoms in total. The van der Waals surface area contributed by atoms with Crippen LogP contribution in [0.25, 0.3) is 5.69 Å². The molecule has 0 saturated heterocycles. The second-order valence-electron chi connectivity index (χ2n) is 7.38. The van der Waals surface area contributed by atoms with Gasteiger partial charge < -0.3 is 0 Å². The topological polar surface area (TPSA) is 69.0 Å². The average molecular weight is 346 g/mol. The first-order valence-corrected chi connectivity index (χ1v) is 9.94. The monoisotopic (exact) mass is 346 g/mol. The molecule has 1 aromatic heterocycles. The minimum Gasteiger partial charge on any atom is -0.294 e. The summed E-state index contributed by atoms with van der Waals surface area (Å²) in [6.07, 6.45) is 3.31. The molecule has 6 heteroatoms. The lowest BCUT2D eigenvalue weighted by molar-refractivity contribution is 0.0970. The third kappa shape index (κ3) is 2.90. The number of fused-ring (bicyclic) bond motifs is 1. The van der Waals surface area contributed by atoms with Crippen molar-refractivity contribution >= 4 is 15.6 Å². The van der Waals surface area contributed by atoms with Crippen LogP contribution >= 0.6 is 0 Å². The van der Waals surface area contributed by atoms with Crippen molar-refractivity contribution in [3.05, 3.63) is 41.2 Å². The van der Waals surface area contributed by atoms with E-state index >= 15 is 0 Å². The van der Waals surface area contributed by atoms with Crippen LogP contribution in [-0.4, -0.2) is 30.2 Å². The highest BCUT2D eigenvalue weighted by molar-refractivity contribution is 7.90. The van der Waals surface area contributed by atoms with Gasteiger partial charge in [-0.2, -0.15) is 5.10 Å². The van der Waals surface area contributed by atoms with Crippen LogP contribution in [0.5, 0.6) is 0 Å². The molecule has 0 saturated carbocycles. The minimum absolute atomic E-state index is 0.131. The molecule has 1 aliphatic carbocycles. The second kappa shape index (κ2) is 5.55. The van der Waals surface area contributed by atoms with E-state index in [0.717, 1.165) is 29.8 Å². The van der Waals surface area contributed by atoms with Gasteiger partial charge in [0.15, 0.2) is 15.6 Å². The molecule has 128 valence electrons. The van der Waals surface area contributed by atoms with Crippen LogP contribution in [0.2, 0.25) is 0 Å². The molecule has 0 amide bonds.